The standard InChI is InChI=1S/C13H13NO/c1-3-4-13(15)10-7-11-5-8-12(14-2)9-6-11/h4-6,8-9,13-15H,1H2,2H3. The molecule has 0 saturated carbocycles. The van der Waals surface area contributed by atoms with E-state index in [0.717, 1.165) is 11.3 Å². The molecule has 15 heavy (non-hydrogen) atoms. The maximum Gasteiger partial charge on any atom is 0.141 e. The molecular formula is C13H13NO. The van der Waals surface area contributed by atoms with Gasteiger partial charge in [0.25, 0.3) is 0 Å². The Bertz CT molecular complexity index is 416. The van der Waals surface area contributed by atoms with E-state index in [2.05, 4.69) is 29.5 Å². The molecule has 76 valence electrons. The number of benzene rings is 1. The zero-order chi connectivity index (χ0) is 11.1. The Hall–Kier alpha value is -1.94. The summed E-state index contributed by atoms with van der Waals surface area (Å²) in [5.74, 6) is 5.52. The monoisotopic (exact) mass is 199 g/mol. The lowest BCUT2D eigenvalue weighted by molar-refractivity contribution is 0.281. The summed E-state index contributed by atoms with van der Waals surface area (Å²) in [4.78, 5) is 0. The molecule has 0 amide bonds. The first kappa shape index (κ1) is 11.1. The van der Waals surface area contributed by atoms with Gasteiger partial charge in [0.05, 0.1) is 0 Å². The van der Waals surface area contributed by atoms with Gasteiger partial charge >= 0.3 is 0 Å². The van der Waals surface area contributed by atoms with E-state index in [-0.39, 0.29) is 0 Å². The molecule has 2 heteroatoms. The average molecular weight is 199 g/mol. The van der Waals surface area contributed by atoms with E-state index < -0.39 is 6.10 Å². The quantitative estimate of drug-likeness (QED) is 0.562. The van der Waals surface area contributed by atoms with Gasteiger partial charge in [-0.3, -0.25) is 0 Å². The molecule has 0 aliphatic rings. The van der Waals surface area contributed by atoms with Crippen LogP contribution in [0.2, 0.25) is 0 Å². The number of anilines is 1. The van der Waals surface area contributed by atoms with E-state index in [1.54, 1.807) is 0 Å². The third kappa shape index (κ3) is 3.74. The van der Waals surface area contributed by atoms with E-state index in [4.69, 9.17) is 0 Å². The van der Waals surface area contributed by atoms with Gasteiger partial charge in [0.2, 0.25) is 0 Å². The first-order valence-electron chi connectivity index (χ1n) is 4.59. The fourth-order valence-corrected chi connectivity index (χ4v) is 1.03. The third-order valence-electron chi connectivity index (χ3n) is 1.81. The molecule has 0 aromatic heterocycles. The number of aliphatic hydroxyl groups is 1. The predicted octanol–water partition coefficient (Wildman–Crippen LogP) is 1.78. The summed E-state index contributed by atoms with van der Waals surface area (Å²) in [7, 11) is 1.86. The summed E-state index contributed by atoms with van der Waals surface area (Å²) < 4.78 is 0. The van der Waals surface area contributed by atoms with Crippen LogP contribution in [-0.4, -0.2) is 18.3 Å². The minimum Gasteiger partial charge on any atom is -0.388 e. The van der Waals surface area contributed by atoms with Crippen molar-refractivity contribution in [1.82, 2.24) is 0 Å². The highest BCUT2D eigenvalue weighted by Crippen LogP contribution is 2.07. The first-order chi connectivity index (χ1) is 7.26. The maximum atomic E-state index is 9.27. The molecule has 2 nitrogen and oxygen atoms in total. The highest BCUT2D eigenvalue weighted by atomic mass is 16.3. The molecule has 0 aliphatic carbocycles. The lowest BCUT2D eigenvalue weighted by atomic mass is 10.2. The molecule has 0 heterocycles. The summed E-state index contributed by atoms with van der Waals surface area (Å²) in [6.45, 7) is 3.36. The fourth-order valence-electron chi connectivity index (χ4n) is 1.03. The zero-order valence-electron chi connectivity index (χ0n) is 8.62. The molecule has 0 aliphatic heterocycles. The molecule has 1 atom stereocenters. The van der Waals surface area contributed by atoms with Crippen LogP contribution in [0, 0.1) is 11.8 Å². The molecule has 2 N–H and O–H groups in total. The topological polar surface area (TPSA) is 32.3 Å². The Balaban J connectivity index is 2.76. The van der Waals surface area contributed by atoms with E-state index in [1.807, 2.05) is 31.3 Å². The number of rotatable bonds is 2. The van der Waals surface area contributed by atoms with Gasteiger partial charge in [-0.15, -0.1) is 5.73 Å². The van der Waals surface area contributed by atoms with E-state index in [0.29, 0.717) is 0 Å². The van der Waals surface area contributed by atoms with Gasteiger partial charge in [-0.05, 0) is 30.3 Å². The van der Waals surface area contributed by atoms with Crippen LogP contribution in [0.4, 0.5) is 5.69 Å². The smallest absolute Gasteiger partial charge is 0.141 e. The Morgan fingerprint density at radius 2 is 2.07 bits per heavy atom. The van der Waals surface area contributed by atoms with Crippen LogP contribution in [0.1, 0.15) is 5.56 Å². The average Bonchev–Trinajstić information content (AvgIpc) is 2.27. The Morgan fingerprint density at radius 1 is 1.40 bits per heavy atom. The van der Waals surface area contributed by atoms with Crippen molar-refractivity contribution in [2.75, 3.05) is 12.4 Å². The third-order valence-corrected chi connectivity index (χ3v) is 1.81. The summed E-state index contributed by atoms with van der Waals surface area (Å²) in [5.41, 5.74) is 4.39. The van der Waals surface area contributed by atoms with Crippen molar-refractivity contribution in [1.29, 1.82) is 0 Å². The lowest BCUT2D eigenvalue weighted by Gasteiger charge is -1.98. The van der Waals surface area contributed by atoms with Gasteiger partial charge < -0.3 is 10.4 Å². The molecule has 1 unspecified atom stereocenters. The Labute approximate surface area is 90.0 Å². The minimum atomic E-state index is -0.800. The highest BCUT2D eigenvalue weighted by molar-refractivity contribution is 5.48. The number of aliphatic hydroxyl groups excluding tert-OH is 1. The van der Waals surface area contributed by atoms with Crippen LogP contribution in [-0.2, 0) is 0 Å². The second kappa shape index (κ2) is 5.72. The van der Waals surface area contributed by atoms with Crippen LogP contribution < -0.4 is 5.32 Å². The maximum absolute atomic E-state index is 9.27. The Morgan fingerprint density at radius 3 is 2.60 bits per heavy atom. The van der Waals surface area contributed by atoms with Gasteiger partial charge in [0.1, 0.15) is 6.10 Å². The minimum absolute atomic E-state index is 0.800. The van der Waals surface area contributed by atoms with E-state index in [9.17, 15) is 5.11 Å². The SMILES string of the molecule is C=C=CC(O)C#Cc1ccc(NC)cc1. The van der Waals surface area contributed by atoms with Crippen LogP contribution in [0.5, 0.6) is 0 Å². The van der Waals surface area contributed by atoms with Gasteiger partial charge in [-0.25, -0.2) is 0 Å². The second-order valence-corrected chi connectivity index (χ2v) is 2.91. The zero-order valence-corrected chi connectivity index (χ0v) is 8.62. The summed E-state index contributed by atoms with van der Waals surface area (Å²) >= 11 is 0. The van der Waals surface area contributed by atoms with Crippen molar-refractivity contribution in [3.63, 3.8) is 0 Å². The Kier molecular flexibility index (Phi) is 4.25. The molecule has 1 rings (SSSR count). The molecule has 0 bridgehead atoms. The van der Waals surface area contributed by atoms with Gasteiger partial charge in [0, 0.05) is 18.3 Å². The van der Waals surface area contributed by atoms with Crippen LogP contribution in [0.15, 0.2) is 42.7 Å². The van der Waals surface area contributed by atoms with Crippen molar-refractivity contribution in [3.8, 4) is 11.8 Å². The number of nitrogens with one attached hydrogen (secondary N) is 1. The first-order valence-corrected chi connectivity index (χ1v) is 4.59. The largest absolute Gasteiger partial charge is 0.388 e. The van der Waals surface area contributed by atoms with Crippen LogP contribution >= 0.6 is 0 Å². The summed E-state index contributed by atoms with van der Waals surface area (Å²) in [5, 5.41) is 12.3. The number of hydrogen-bond donors (Lipinski definition) is 2. The van der Waals surface area contributed by atoms with Crippen LogP contribution in [0.25, 0.3) is 0 Å². The normalized spacial score (nSPS) is 10.5. The molecule has 0 radical (unpaired) electrons. The molecule has 0 fully saturated rings. The lowest BCUT2D eigenvalue weighted by Crippen LogP contribution is -1.95. The summed E-state index contributed by atoms with van der Waals surface area (Å²) in [6.07, 6.45) is 0.612. The van der Waals surface area contributed by atoms with Crippen molar-refractivity contribution < 1.29 is 5.11 Å². The van der Waals surface area contributed by atoms with Crippen molar-refractivity contribution in [3.05, 3.63) is 48.2 Å². The fraction of sp³-hybridized carbons (Fsp3) is 0.154. The van der Waals surface area contributed by atoms with Crippen molar-refractivity contribution in [2.45, 2.75) is 6.10 Å². The van der Waals surface area contributed by atoms with E-state index >= 15 is 0 Å². The molecule has 1 aromatic rings. The second-order valence-electron chi connectivity index (χ2n) is 2.91. The van der Waals surface area contributed by atoms with Crippen molar-refractivity contribution >= 4 is 5.69 Å². The van der Waals surface area contributed by atoms with Crippen LogP contribution in [0.3, 0.4) is 0 Å². The molecule has 0 spiro atoms. The predicted molar refractivity (Wildman–Crippen MR) is 62.6 cm³/mol. The van der Waals surface area contributed by atoms with E-state index in [1.165, 1.54) is 6.08 Å². The summed E-state index contributed by atoms with van der Waals surface area (Å²) in [6, 6.07) is 7.64. The highest BCUT2D eigenvalue weighted by Gasteiger charge is 1.90. The molecule has 1 aromatic carbocycles. The van der Waals surface area contributed by atoms with Crippen molar-refractivity contribution in [2.24, 2.45) is 0 Å². The van der Waals surface area contributed by atoms with Gasteiger partial charge in [-0.1, -0.05) is 18.4 Å². The number of hydrogen-bond acceptors (Lipinski definition) is 2. The molecule has 0 saturated heterocycles. The van der Waals surface area contributed by atoms with Gasteiger partial charge in [-0.2, -0.15) is 0 Å². The van der Waals surface area contributed by atoms with Gasteiger partial charge in [0.15, 0.2) is 0 Å². The molecular weight excluding hydrogens is 186 g/mol.